The molecule has 90 heavy (non-hydrogen) atoms. The quantitative estimate of drug-likeness (QED) is 0.142. The first-order valence-electron chi connectivity index (χ1n) is 30.7. The predicted molar refractivity (Wildman–Crippen MR) is 376 cm³/mol. The maximum absolute atomic E-state index is 13.3. The van der Waals surface area contributed by atoms with Crippen LogP contribution in [0.1, 0.15) is 5.56 Å². The first-order chi connectivity index (χ1) is 44.7. The van der Waals surface area contributed by atoms with E-state index < -0.39 is 0 Å². The van der Waals surface area contributed by atoms with Gasteiger partial charge in [0.1, 0.15) is 11.6 Å². The Morgan fingerprint density at radius 3 is 0.678 bits per heavy atom. The number of hydrogen-bond donors (Lipinski definition) is 0. The maximum atomic E-state index is 13.3. The second-order valence-corrected chi connectivity index (χ2v) is 23.4. The summed E-state index contributed by atoms with van der Waals surface area (Å²) >= 11 is 0. The second kappa shape index (κ2) is 20.5. The van der Waals surface area contributed by atoms with E-state index >= 15 is 0 Å². The van der Waals surface area contributed by atoms with Gasteiger partial charge >= 0.3 is 0 Å². The van der Waals surface area contributed by atoms with Crippen LogP contribution in [0.15, 0.2) is 322 Å². The predicted octanol–water partition coefficient (Wildman–Crippen LogP) is 22.3. The van der Waals surface area contributed by atoms with E-state index in [1.807, 2.05) is 0 Å². The van der Waals surface area contributed by atoms with Crippen LogP contribution in [0.2, 0.25) is 0 Å². The highest BCUT2D eigenvalue weighted by atomic mass is 15.1. The fourth-order valence-electron chi connectivity index (χ4n) is 14.6. The number of rotatable bonds is 9. The molecule has 5 nitrogen and oxygen atoms in total. The average molecular weight is 1140 g/mol. The van der Waals surface area contributed by atoms with Gasteiger partial charge in [0, 0.05) is 48.7 Å². The van der Waals surface area contributed by atoms with E-state index in [4.69, 9.17) is 0 Å². The first-order valence-corrected chi connectivity index (χ1v) is 30.7. The van der Waals surface area contributed by atoms with E-state index in [0.29, 0.717) is 5.56 Å². The van der Waals surface area contributed by atoms with Gasteiger partial charge in [-0.3, -0.25) is 0 Å². The van der Waals surface area contributed by atoms with Gasteiger partial charge < -0.3 is 18.3 Å². The van der Waals surface area contributed by atoms with Crippen molar-refractivity contribution in [2.24, 2.45) is 0 Å². The standard InChI is InChI=1S/C85H53N5/c86-54-72-82(87-77-46-42-60(55-24-6-1-7-25-55)50-68(77)69-51-61(43-47-78(69)87)56-26-8-2-9-27-56)84(89-73-38-20-16-34-64(73)65-35-17-21-39-74(65)89)81(59-32-14-5-15-33-59)85(90-75-40-22-18-36-66(75)67-37-19-23-41-76(67)90)83(72)88-79-48-44-62(57-28-10-3-11-29-57)52-70(79)71-53-63(45-49-80(71)88)58-30-12-4-13-31-58/h1-53H. The van der Waals surface area contributed by atoms with Crippen LogP contribution in [0.5, 0.6) is 0 Å². The summed E-state index contributed by atoms with van der Waals surface area (Å²) in [5.41, 5.74) is 22.7. The Labute approximate surface area is 519 Å². The zero-order valence-corrected chi connectivity index (χ0v) is 48.8. The van der Waals surface area contributed by atoms with Crippen LogP contribution in [-0.4, -0.2) is 18.3 Å². The lowest BCUT2D eigenvalue weighted by molar-refractivity contribution is 1.04. The molecule has 418 valence electrons. The van der Waals surface area contributed by atoms with E-state index in [0.717, 1.165) is 166 Å². The van der Waals surface area contributed by atoms with Gasteiger partial charge in [0.15, 0.2) is 0 Å². The Morgan fingerprint density at radius 2 is 0.411 bits per heavy atom. The summed E-state index contributed by atoms with van der Waals surface area (Å²) < 4.78 is 9.82. The zero-order valence-electron chi connectivity index (χ0n) is 48.8. The normalized spacial score (nSPS) is 11.8. The third kappa shape index (κ3) is 7.75. The van der Waals surface area contributed by atoms with Gasteiger partial charge in [-0.25, -0.2) is 0 Å². The zero-order chi connectivity index (χ0) is 59.4. The molecule has 4 heterocycles. The molecule has 0 spiro atoms. The fourth-order valence-corrected chi connectivity index (χ4v) is 14.6. The first kappa shape index (κ1) is 51.0. The molecule has 0 atom stereocenters. The number of fused-ring (bicyclic) bond motifs is 12. The lowest BCUT2D eigenvalue weighted by atomic mass is 9.93. The topological polar surface area (TPSA) is 43.5 Å². The van der Waals surface area contributed by atoms with Gasteiger partial charge in [-0.1, -0.05) is 249 Å². The molecule has 14 aromatic carbocycles. The number of para-hydroxylation sites is 4. The molecule has 0 radical (unpaired) electrons. The van der Waals surface area contributed by atoms with Crippen molar-refractivity contribution in [1.82, 2.24) is 18.3 Å². The monoisotopic (exact) mass is 1140 g/mol. The average Bonchev–Trinajstić information content (AvgIpc) is 1.43. The number of aromatic nitrogens is 4. The highest BCUT2D eigenvalue weighted by molar-refractivity contribution is 6.18. The molecule has 0 aliphatic heterocycles. The van der Waals surface area contributed by atoms with Crippen LogP contribution in [0.4, 0.5) is 0 Å². The van der Waals surface area contributed by atoms with Crippen molar-refractivity contribution in [3.05, 3.63) is 327 Å². The third-order valence-corrected chi connectivity index (χ3v) is 18.6. The van der Waals surface area contributed by atoms with Crippen molar-refractivity contribution < 1.29 is 0 Å². The fraction of sp³-hybridized carbons (Fsp3) is 0. The minimum absolute atomic E-state index is 0.513. The minimum atomic E-state index is 0.513. The molecule has 18 rings (SSSR count). The molecule has 0 aliphatic carbocycles. The Bertz CT molecular complexity index is 5300. The van der Waals surface area contributed by atoms with Crippen LogP contribution in [-0.2, 0) is 0 Å². The Hall–Kier alpha value is -12.2. The van der Waals surface area contributed by atoms with Crippen molar-refractivity contribution in [3.8, 4) is 84.5 Å². The number of hydrogen-bond acceptors (Lipinski definition) is 1. The molecule has 0 fully saturated rings. The Kier molecular flexibility index (Phi) is 11.6. The molecule has 18 aromatic rings. The van der Waals surface area contributed by atoms with Crippen LogP contribution in [0, 0.1) is 11.3 Å². The molecule has 0 unspecified atom stereocenters. The minimum Gasteiger partial charge on any atom is -0.306 e. The van der Waals surface area contributed by atoms with Crippen molar-refractivity contribution in [2.45, 2.75) is 0 Å². The molecular formula is C85H53N5. The second-order valence-electron chi connectivity index (χ2n) is 23.4. The van der Waals surface area contributed by atoms with E-state index in [9.17, 15) is 5.26 Å². The summed E-state index contributed by atoms with van der Waals surface area (Å²) in [5.74, 6) is 0. The highest BCUT2D eigenvalue weighted by Gasteiger charge is 2.35. The van der Waals surface area contributed by atoms with Crippen molar-refractivity contribution in [2.75, 3.05) is 0 Å². The summed E-state index contributed by atoms with van der Waals surface area (Å²) in [6.07, 6.45) is 0. The molecule has 0 saturated heterocycles. The van der Waals surface area contributed by atoms with Crippen molar-refractivity contribution >= 4 is 87.2 Å². The van der Waals surface area contributed by atoms with Crippen molar-refractivity contribution in [3.63, 3.8) is 0 Å². The van der Waals surface area contributed by atoms with Gasteiger partial charge in [-0.05, 0) is 123 Å². The van der Waals surface area contributed by atoms with Crippen LogP contribution in [0.25, 0.3) is 166 Å². The van der Waals surface area contributed by atoms with Crippen LogP contribution in [0.3, 0.4) is 0 Å². The number of benzene rings is 14. The van der Waals surface area contributed by atoms with E-state index in [2.05, 4.69) is 346 Å². The lowest BCUT2D eigenvalue weighted by Crippen LogP contribution is -2.16. The van der Waals surface area contributed by atoms with Gasteiger partial charge in [-0.2, -0.15) is 5.26 Å². The molecule has 0 N–H and O–H groups in total. The third-order valence-electron chi connectivity index (χ3n) is 18.6. The van der Waals surface area contributed by atoms with Gasteiger partial charge in [-0.15, -0.1) is 0 Å². The molecule has 4 aromatic heterocycles. The SMILES string of the molecule is N#Cc1c(-n2c3ccc(-c4ccccc4)cc3c3cc(-c4ccccc4)ccc32)c(-n2c3ccccc3c3ccccc32)c(-c2ccccc2)c(-n2c3ccccc3c3ccccc32)c1-n1c2ccc(-c3ccccc3)cc2c2cc(-c3ccccc3)ccc21. The lowest BCUT2D eigenvalue weighted by Gasteiger charge is -2.29. The summed E-state index contributed by atoms with van der Waals surface area (Å²) in [4.78, 5) is 0. The van der Waals surface area contributed by atoms with Crippen LogP contribution >= 0.6 is 0 Å². The Balaban J connectivity index is 1.12. The molecular weight excluding hydrogens is 1090 g/mol. The van der Waals surface area contributed by atoms with Crippen LogP contribution < -0.4 is 0 Å². The maximum Gasteiger partial charge on any atom is 0.104 e. The number of nitrogens with zero attached hydrogens (tertiary/aromatic N) is 5. The van der Waals surface area contributed by atoms with Crippen molar-refractivity contribution in [1.29, 1.82) is 5.26 Å². The smallest absolute Gasteiger partial charge is 0.104 e. The summed E-state index contributed by atoms with van der Waals surface area (Å²) in [5, 5.41) is 22.1. The largest absolute Gasteiger partial charge is 0.306 e. The molecule has 0 bridgehead atoms. The van der Waals surface area contributed by atoms with E-state index in [1.54, 1.807) is 0 Å². The molecule has 5 heteroatoms. The van der Waals surface area contributed by atoms with Gasteiger partial charge in [0.2, 0.25) is 0 Å². The molecule has 0 aliphatic rings. The summed E-state index contributed by atoms with van der Waals surface area (Å²) in [7, 11) is 0. The molecule has 0 saturated carbocycles. The van der Waals surface area contributed by atoms with Gasteiger partial charge in [0.05, 0.1) is 66.9 Å². The van der Waals surface area contributed by atoms with E-state index in [-0.39, 0.29) is 0 Å². The highest BCUT2D eigenvalue weighted by Crippen LogP contribution is 2.53. The summed E-state index contributed by atoms with van der Waals surface area (Å²) in [6, 6.07) is 120. The van der Waals surface area contributed by atoms with E-state index in [1.165, 1.54) is 0 Å². The van der Waals surface area contributed by atoms with Gasteiger partial charge in [0.25, 0.3) is 0 Å². The number of nitriles is 1. The molecule has 0 amide bonds. The Morgan fingerprint density at radius 1 is 0.189 bits per heavy atom. The summed E-state index contributed by atoms with van der Waals surface area (Å²) in [6.45, 7) is 0.